The monoisotopic (exact) mass is 138 g/mol. The molecule has 0 radical (unpaired) electrons. The zero-order valence-corrected chi connectivity index (χ0v) is 5.80. The first-order chi connectivity index (χ1) is 3.27. The van der Waals surface area contributed by atoms with Crippen LogP contribution in [0.1, 0.15) is 0 Å². The Bertz CT molecular complexity index is 91.1. The van der Waals surface area contributed by atoms with E-state index in [9.17, 15) is 4.57 Å². The minimum Gasteiger partial charge on any atom is -0.384 e. The predicted molar refractivity (Wildman–Crippen MR) is 31.7 cm³/mol. The van der Waals surface area contributed by atoms with E-state index in [1.54, 1.807) is 7.11 Å². The zero-order valence-electron chi connectivity index (χ0n) is 4.09. The second-order valence-electron chi connectivity index (χ2n) is 1.05. The second kappa shape index (κ2) is 4.44. The third kappa shape index (κ3) is 6.28. The molecule has 7 heavy (non-hydrogen) atoms. The highest BCUT2D eigenvalue weighted by Crippen LogP contribution is 1.99. The topological polar surface area (TPSA) is 26.3 Å². The van der Waals surface area contributed by atoms with Crippen molar-refractivity contribution in [2.45, 2.75) is 0 Å². The fourth-order valence-electron chi connectivity index (χ4n) is 0.166. The Balaban J connectivity index is 2.98. The van der Waals surface area contributed by atoms with Gasteiger partial charge in [-0.1, -0.05) is 0 Å². The lowest BCUT2D eigenvalue weighted by molar-refractivity contribution is 0.218. The van der Waals surface area contributed by atoms with Gasteiger partial charge in [-0.05, 0) is 11.8 Å². The van der Waals surface area contributed by atoms with Gasteiger partial charge in [-0.25, -0.2) is 0 Å². The zero-order chi connectivity index (χ0) is 5.70. The molecule has 0 aliphatic carbocycles. The van der Waals surface area contributed by atoms with Gasteiger partial charge in [0.25, 0.3) is 0 Å². The lowest BCUT2D eigenvalue weighted by atomic mass is 10.9. The summed E-state index contributed by atoms with van der Waals surface area (Å²) in [5, 5.41) is 0. The molecule has 0 aliphatic heterocycles. The normalized spacial score (nSPS) is 11.3. The van der Waals surface area contributed by atoms with E-state index in [0.29, 0.717) is 12.8 Å². The average molecular weight is 138 g/mol. The summed E-state index contributed by atoms with van der Waals surface area (Å²) in [6, 6.07) is 0. The highest BCUT2D eigenvalue weighted by molar-refractivity contribution is 7.99. The smallest absolute Gasteiger partial charge is 0.166 e. The van der Waals surface area contributed by atoms with Crippen molar-refractivity contribution < 1.29 is 9.30 Å². The SMILES string of the molecule is COCCP(=O)=S. The van der Waals surface area contributed by atoms with Crippen molar-refractivity contribution in [1.82, 2.24) is 0 Å². The van der Waals surface area contributed by atoms with Crippen LogP contribution in [0.4, 0.5) is 0 Å². The first-order valence-corrected chi connectivity index (χ1v) is 4.34. The van der Waals surface area contributed by atoms with E-state index >= 15 is 0 Å². The first kappa shape index (κ1) is 7.28. The third-order valence-electron chi connectivity index (χ3n) is 0.478. The number of rotatable bonds is 3. The van der Waals surface area contributed by atoms with E-state index < -0.39 is 6.58 Å². The molecule has 0 saturated carbocycles. The van der Waals surface area contributed by atoms with Crippen LogP contribution in [0, 0.1) is 0 Å². The molecular formula is C3H7O2PS. The number of hydrogen-bond acceptors (Lipinski definition) is 3. The molecule has 2 nitrogen and oxygen atoms in total. The van der Waals surface area contributed by atoms with Crippen LogP contribution in [0.5, 0.6) is 0 Å². The molecule has 0 bridgehead atoms. The van der Waals surface area contributed by atoms with Crippen molar-refractivity contribution >= 4 is 18.4 Å². The van der Waals surface area contributed by atoms with Crippen LogP contribution < -0.4 is 0 Å². The first-order valence-electron chi connectivity index (χ1n) is 1.88. The van der Waals surface area contributed by atoms with Gasteiger partial charge >= 0.3 is 0 Å². The van der Waals surface area contributed by atoms with Crippen molar-refractivity contribution in [3.63, 3.8) is 0 Å². The number of ether oxygens (including phenoxy) is 1. The van der Waals surface area contributed by atoms with Crippen molar-refractivity contribution in [2.24, 2.45) is 0 Å². The van der Waals surface area contributed by atoms with Gasteiger partial charge in [-0.15, -0.1) is 0 Å². The summed E-state index contributed by atoms with van der Waals surface area (Å²) in [6.45, 7) is -0.885. The molecule has 0 aliphatic rings. The summed E-state index contributed by atoms with van der Waals surface area (Å²) < 4.78 is 14.7. The summed E-state index contributed by atoms with van der Waals surface area (Å²) >= 11 is 4.37. The molecule has 0 fully saturated rings. The molecule has 42 valence electrons. The Morgan fingerprint density at radius 3 is 2.57 bits per heavy atom. The minimum atomic E-state index is -1.40. The number of hydrogen-bond donors (Lipinski definition) is 0. The van der Waals surface area contributed by atoms with Gasteiger partial charge in [0.2, 0.25) is 0 Å². The van der Waals surface area contributed by atoms with E-state index in [1.807, 2.05) is 0 Å². The van der Waals surface area contributed by atoms with E-state index in [0.717, 1.165) is 0 Å². The Labute approximate surface area is 48.3 Å². The van der Waals surface area contributed by atoms with Crippen LogP contribution in [0.25, 0.3) is 0 Å². The van der Waals surface area contributed by atoms with Gasteiger partial charge in [-0.3, -0.25) is 4.57 Å². The van der Waals surface area contributed by atoms with Crippen LogP contribution in [-0.4, -0.2) is 19.9 Å². The maximum atomic E-state index is 10.1. The van der Waals surface area contributed by atoms with E-state index in [1.165, 1.54) is 0 Å². The highest BCUT2D eigenvalue weighted by atomic mass is 32.4. The summed E-state index contributed by atoms with van der Waals surface area (Å²) in [6.07, 6.45) is 0.501. The Kier molecular flexibility index (Phi) is 4.62. The molecule has 0 saturated heterocycles. The van der Waals surface area contributed by atoms with Crippen LogP contribution >= 0.6 is 6.58 Å². The fraction of sp³-hybridized carbons (Fsp3) is 1.00. The van der Waals surface area contributed by atoms with Gasteiger partial charge in [-0.2, -0.15) is 0 Å². The van der Waals surface area contributed by atoms with Crippen LogP contribution in [0.15, 0.2) is 0 Å². The molecule has 0 amide bonds. The van der Waals surface area contributed by atoms with Gasteiger partial charge in [0, 0.05) is 7.11 Å². The molecule has 0 aromatic carbocycles. The largest absolute Gasteiger partial charge is 0.384 e. The molecule has 0 aromatic heterocycles. The number of methoxy groups -OCH3 is 1. The van der Waals surface area contributed by atoms with Crippen molar-refractivity contribution in [1.29, 1.82) is 0 Å². The van der Waals surface area contributed by atoms with Crippen LogP contribution in [0.3, 0.4) is 0 Å². The van der Waals surface area contributed by atoms with Gasteiger partial charge < -0.3 is 4.74 Å². The van der Waals surface area contributed by atoms with E-state index in [4.69, 9.17) is 0 Å². The summed E-state index contributed by atoms with van der Waals surface area (Å²) in [5.41, 5.74) is 0. The Hall–Kier alpha value is 0.280. The lowest BCUT2D eigenvalue weighted by Crippen LogP contribution is -1.87. The van der Waals surface area contributed by atoms with Crippen LogP contribution in [-0.2, 0) is 21.1 Å². The quantitative estimate of drug-likeness (QED) is 0.542. The van der Waals surface area contributed by atoms with E-state index in [-0.39, 0.29) is 0 Å². The molecule has 1 atom stereocenters. The molecule has 0 N–H and O–H groups in total. The second-order valence-corrected chi connectivity index (χ2v) is 3.38. The summed E-state index contributed by atoms with van der Waals surface area (Å²) in [4.78, 5) is 0. The van der Waals surface area contributed by atoms with Gasteiger partial charge in [0.1, 0.15) is 0 Å². The summed E-state index contributed by atoms with van der Waals surface area (Å²) in [5.74, 6) is 0. The van der Waals surface area contributed by atoms with Gasteiger partial charge in [0.05, 0.1) is 12.8 Å². The Morgan fingerprint density at radius 1 is 1.86 bits per heavy atom. The average Bonchev–Trinajstić information content (AvgIpc) is 1.61. The maximum absolute atomic E-state index is 10.1. The van der Waals surface area contributed by atoms with Crippen molar-refractivity contribution in [3.05, 3.63) is 0 Å². The molecular weight excluding hydrogens is 131 g/mol. The van der Waals surface area contributed by atoms with Crippen molar-refractivity contribution in [2.75, 3.05) is 19.9 Å². The molecule has 4 heteroatoms. The summed E-state index contributed by atoms with van der Waals surface area (Å²) in [7, 11) is 1.56. The molecule has 0 spiro atoms. The van der Waals surface area contributed by atoms with Gasteiger partial charge in [0.15, 0.2) is 6.58 Å². The van der Waals surface area contributed by atoms with E-state index in [2.05, 4.69) is 16.5 Å². The predicted octanol–water partition coefficient (Wildman–Crippen LogP) is 0.922. The Morgan fingerprint density at radius 2 is 2.43 bits per heavy atom. The molecule has 0 heterocycles. The third-order valence-corrected chi connectivity index (χ3v) is 1.57. The minimum absolute atomic E-state index is 0.501. The lowest BCUT2D eigenvalue weighted by Gasteiger charge is -1.85. The standard InChI is InChI=1S/C3H7O2PS/c1-5-2-3-6(4)7/h2-3H2,1H3. The highest BCUT2D eigenvalue weighted by Gasteiger charge is 1.82. The maximum Gasteiger partial charge on any atom is 0.166 e. The molecule has 0 rings (SSSR count). The van der Waals surface area contributed by atoms with Crippen molar-refractivity contribution in [3.8, 4) is 0 Å². The molecule has 1 unspecified atom stereocenters. The van der Waals surface area contributed by atoms with Crippen LogP contribution in [0.2, 0.25) is 0 Å². The fourth-order valence-corrected chi connectivity index (χ4v) is 0.721. The molecule has 0 aromatic rings.